The molecule has 145 heavy (non-hydrogen) atoms. The Labute approximate surface area is 888 Å². The minimum atomic E-state index is -0.922. The minimum absolute atomic E-state index is 0.0219. The highest BCUT2D eigenvalue weighted by molar-refractivity contribution is 5.96. The van der Waals surface area contributed by atoms with E-state index < -0.39 is 11.2 Å². The summed E-state index contributed by atoms with van der Waals surface area (Å²) in [5.41, 5.74) is 3.75. The van der Waals surface area contributed by atoms with E-state index in [9.17, 15) is 49.5 Å². The second-order valence-corrected chi connectivity index (χ2v) is 60.3. The maximum atomic E-state index is 13.4. The molecule has 19 aliphatic rings. The molecule has 0 radical (unpaired) electrons. The van der Waals surface area contributed by atoms with Crippen molar-refractivity contribution < 1.29 is 49.5 Å². The summed E-state index contributed by atoms with van der Waals surface area (Å²) in [5, 5.41) is 54.7. The summed E-state index contributed by atoms with van der Waals surface area (Å²) in [6, 6.07) is 0. The van der Waals surface area contributed by atoms with Crippen LogP contribution >= 0.6 is 0 Å². The van der Waals surface area contributed by atoms with Crippen LogP contribution in [0.15, 0.2) is 59.3 Å². The molecule has 19 rings (SSSR count). The Morgan fingerprint density at radius 3 is 1.15 bits per heavy atom. The van der Waals surface area contributed by atoms with Crippen molar-refractivity contribution in [3.8, 4) is 0 Å². The smallest absolute Gasteiger partial charge is 0.161 e. The van der Waals surface area contributed by atoms with Crippen molar-refractivity contribution in [2.24, 2.45) is 244 Å². The number of carbonyl (C=O) groups excluding carboxylic acids is 5. The molecular weight excluding hydrogens is 1780 g/mol. The molecule has 10 nitrogen and oxygen atoms in total. The van der Waals surface area contributed by atoms with Gasteiger partial charge in [-0.1, -0.05) is 311 Å². The van der Waals surface area contributed by atoms with Gasteiger partial charge in [0, 0.05) is 41.1 Å². The van der Waals surface area contributed by atoms with Gasteiger partial charge in [0.05, 0.1) is 29.3 Å². The van der Waals surface area contributed by atoms with E-state index in [4.69, 9.17) is 0 Å². The maximum Gasteiger partial charge on any atom is 0.161 e. The van der Waals surface area contributed by atoms with Crippen molar-refractivity contribution in [1.29, 1.82) is 0 Å². The SMILES string of the molecule is CC(C)CCC[C@@H](C)[C@H]1CCC2C(CC=O)C([C@@]3(C)CCC=CC3=O)CC[C@@]21C.CC(C)CCC[C@@H](C)[C@H]1CCC2C3C(=O)C=C4C[C@@H](O)CC[C@]4(C)C3CC[C@@]21C.CC(C)CCC[C@@H](C)[C@H]1CCC2C3C(C=O)=C4C[C@@H](O)CC[C@]4(C)C3CC[C@@]21C.CC(C)CCC[C@@H](C)[C@H]1CCC2C3C(CC[C@@]21C)[C@@]1(C)CCC=C[C@@]1(O)[C@@H]3C=O.CC(C)CCC[C@@H](C)[C@H]1CCC2C3C(CC[C@@]21C)[C@@]1(C)CCC=C[C@@]1(O)[C@@H]3CO. The largest absolute Gasteiger partial charge is 0.396 e. The van der Waals surface area contributed by atoms with Crippen molar-refractivity contribution in [2.45, 2.75) is 505 Å². The van der Waals surface area contributed by atoms with Gasteiger partial charge in [-0.2, -0.15) is 0 Å². The van der Waals surface area contributed by atoms with Gasteiger partial charge in [0.1, 0.15) is 18.9 Å². The molecular formula is C135H222O10. The highest BCUT2D eigenvalue weighted by Crippen LogP contribution is 2.78. The first-order valence-corrected chi connectivity index (χ1v) is 62.8. The van der Waals surface area contributed by atoms with Gasteiger partial charge in [0.15, 0.2) is 11.6 Å². The molecule has 0 aromatic rings. The van der Waals surface area contributed by atoms with Gasteiger partial charge in [0.25, 0.3) is 0 Å². The second kappa shape index (κ2) is 45.9. The quantitative estimate of drug-likeness (QED) is 0.0330. The maximum absolute atomic E-state index is 13.4. The van der Waals surface area contributed by atoms with Gasteiger partial charge >= 0.3 is 0 Å². The molecule has 0 spiro atoms. The number of hydrogen-bond acceptors (Lipinski definition) is 10. The monoisotopic (exact) mass is 2000 g/mol. The molecule has 0 saturated heterocycles. The Morgan fingerprint density at radius 1 is 0.359 bits per heavy atom. The predicted octanol–water partition coefficient (Wildman–Crippen LogP) is 32.8. The summed E-state index contributed by atoms with van der Waals surface area (Å²) >= 11 is 0. The zero-order valence-electron chi connectivity index (χ0n) is 97.8. The van der Waals surface area contributed by atoms with Gasteiger partial charge < -0.3 is 35.1 Å². The lowest BCUT2D eigenvalue weighted by atomic mass is 9.46. The van der Waals surface area contributed by atoms with Crippen molar-refractivity contribution in [2.75, 3.05) is 6.61 Å². The van der Waals surface area contributed by atoms with E-state index in [-0.39, 0.29) is 63.6 Å². The first-order chi connectivity index (χ1) is 68.5. The fraction of sp³-hybridized carbons (Fsp3) is 0.889. The van der Waals surface area contributed by atoms with Crippen LogP contribution in [0.1, 0.15) is 481 Å². The van der Waals surface area contributed by atoms with Crippen LogP contribution in [0, 0.1) is 244 Å². The van der Waals surface area contributed by atoms with E-state index in [2.05, 4.69) is 191 Å². The van der Waals surface area contributed by atoms with Crippen LogP contribution in [0.25, 0.3) is 0 Å². The predicted molar refractivity (Wildman–Crippen MR) is 599 cm³/mol. The molecule has 14 saturated carbocycles. The summed E-state index contributed by atoms with van der Waals surface area (Å²) in [5.74, 6) is 20.2. The summed E-state index contributed by atoms with van der Waals surface area (Å²) in [4.78, 5) is 62.7. The van der Waals surface area contributed by atoms with E-state index in [1.807, 2.05) is 24.3 Å². The van der Waals surface area contributed by atoms with E-state index >= 15 is 0 Å². The molecule has 0 aromatic carbocycles. The Hall–Kier alpha value is -3.15. The van der Waals surface area contributed by atoms with Gasteiger partial charge in [-0.25, -0.2) is 0 Å². The third-order valence-electron chi connectivity index (χ3n) is 51.1. The third-order valence-corrected chi connectivity index (χ3v) is 51.1. The molecule has 0 aromatic heterocycles. The lowest BCUT2D eigenvalue weighted by Crippen LogP contribution is -2.53. The average Bonchev–Trinajstić information content (AvgIpc) is 1.52. The molecule has 0 heterocycles. The third kappa shape index (κ3) is 21.1. The number of rotatable bonds is 31. The molecule has 14 fully saturated rings. The Kier molecular flexibility index (Phi) is 36.7. The van der Waals surface area contributed by atoms with Gasteiger partial charge in [-0.05, 0) is 433 Å². The first-order valence-electron chi connectivity index (χ1n) is 62.8. The number of carbonyl (C=O) groups is 5. The number of aliphatic hydroxyl groups excluding tert-OH is 3. The highest BCUT2D eigenvalue weighted by Gasteiger charge is 2.74. The zero-order chi connectivity index (χ0) is 105. The first kappa shape index (κ1) is 116. The van der Waals surface area contributed by atoms with Gasteiger partial charge in [-0.3, -0.25) is 14.4 Å². The number of aliphatic hydroxyl groups is 5. The van der Waals surface area contributed by atoms with E-state index in [1.165, 1.54) is 236 Å². The highest BCUT2D eigenvalue weighted by atomic mass is 16.3. The van der Waals surface area contributed by atoms with Crippen LogP contribution in [-0.2, 0) is 24.0 Å². The normalized spacial score (nSPS) is 46.1. The van der Waals surface area contributed by atoms with Crippen LogP contribution in [0.3, 0.4) is 0 Å². The molecule has 15 unspecified atom stereocenters. The topological polar surface area (TPSA) is 186 Å². The van der Waals surface area contributed by atoms with Crippen molar-refractivity contribution in [3.05, 3.63) is 59.3 Å². The van der Waals surface area contributed by atoms with Crippen molar-refractivity contribution in [3.63, 3.8) is 0 Å². The summed E-state index contributed by atoms with van der Waals surface area (Å²) < 4.78 is 0. The Bertz CT molecular complexity index is 4510. The second-order valence-electron chi connectivity index (χ2n) is 60.3. The lowest BCUT2D eigenvalue weighted by Gasteiger charge is -2.57. The molecule has 0 bridgehead atoms. The van der Waals surface area contributed by atoms with Crippen LogP contribution in [0.4, 0.5) is 0 Å². The molecule has 10 heteroatoms. The summed E-state index contributed by atoms with van der Waals surface area (Å²) in [6.07, 6.45) is 75.5. The van der Waals surface area contributed by atoms with Crippen LogP contribution in [0.2, 0.25) is 0 Å². The molecule has 0 aliphatic heterocycles. The lowest BCUT2D eigenvalue weighted by molar-refractivity contribution is -0.135. The van der Waals surface area contributed by atoms with Crippen LogP contribution in [-0.4, -0.2) is 86.0 Å². The van der Waals surface area contributed by atoms with E-state index in [1.54, 1.807) is 0 Å². The molecule has 0 amide bonds. The van der Waals surface area contributed by atoms with E-state index in [0.29, 0.717) is 128 Å². The summed E-state index contributed by atoms with van der Waals surface area (Å²) in [7, 11) is 0. The summed E-state index contributed by atoms with van der Waals surface area (Å²) in [6.45, 7) is 60.4. The zero-order valence-corrected chi connectivity index (χ0v) is 97.8. The van der Waals surface area contributed by atoms with Crippen molar-refractivity contribution in [1.82, 2.24) is 0 Å². The van der Waals surface area contributed by atoms with Crippen molar-refractivity contribution >= 4 is 30.4 Å². The number of ketones is 2. The number of allylic oxidation sites excluding steroid dienone is 6. The molecule has 822 valence electrons. The number of hydrogen-bond donors (Lipinski definition) is 5. The van der Waals surface area contributed by atoms with Gasteiger partial charge in [0.2, 0.25) is 0 Å². The fourth-order valence-corrected chi connectivity index (χ4v) is 43.0. The molecule has 5 N–H and O–H groups in total. The number of aldehydes is 3. The number of fused-ring (bicyclic) bond motifs is 21. The molecule has 19 aliphatic carbocycles. The van der Waals surface area contributed by atoms with E-state index in [0.717, 1.165) is 190 Å². The van der Waals surface area contributed by atoms with Crippen LogP contribution in [0.5, 0.6) is 0 Å². The Morgan fingerprint density at radius 2 is 0.724 bits per heavy atom. The standard InChI is InChI=1S/C27H46O2.4C27H44O2/c2*1-18(2)9-8-10-19(3)20-11-12-21-24-22(13-16-25(20,21)4)26(5)14-6-7-15-27(26,29)23(24)17-28;1-17(2)7-6-8-18(3)21-9-10-22-25-23(12-14-27(21,22)5)26(4)13-11-20(28)15-19(26)16-24(25)29;1-17(2)7-6-8-18(3)21-9-10-22-25-20(16-28)24-15-19(29)11-13-27(24,5)23(25)12-14-26(21,22)4;1-19(2)9-8-10-20(3)22-12-13-23-21(15-18-28)24(14-17-26(22,23)4)27(5)16-7-6-11-25(27)29/h7,15,18-24,28-29H,6,8-14,16-17H2,1-5H3;7,15,17-24,29H,6,8-14,16H2,1-5H3;16-18,20-23,25,28H,6-15H2,1-5H3;16-19,21-23,25,29H,6-15H2,1-5H3;6,11,18-24H,7-10,12-17H2,1-5H3/t2*19-,20-,21?,22?,23-,24?,25-,26-,27-;18-,20+,21-,22?,23?,25?,26+,27-;18-,19+,21-,22?,23?,25?,26-,27-;20-,21?,22-,23?,24?,26-,27-/m11111/s1. The fourth-order valence-electron chi connectivity index (χ4n) is 43.0. The van der Waals surface area contributed by atoms with Crippen LogP contribution < -0.4 is 0 Å². The average molecular weight is 2010 g/mol. The Balaban J connectivity index is 0.000000136. The minimum Gasteiger partial charge on any atom is -0.396 e. The van der Waals surface area contributed by atoms with Gasteiger partial charge in [-0.15, -0.1) is 0 Å². The molecule has 41 atom stereocenters.